The Hall–Kier alpha value is -2.70. The first-order valence-electron chi connectivity index (χ1n) is 7.03. The normalized spacial score (nSPS) is 12.7. The molecule has 7 nitrogen and oxygen atoms in total. The molecule has 0 unspecified atom stereocenters. The average Bonchev–Trinajstić information content (AvgIpc) is 2.91. The number of aromatic amines is 1. The van der Waals surface area contributed by atoms with E-state index < -0.39 is 5.69 Å². The van der Waals surface area contributed by atoms with Crippen LogP contribution in [0.2, 0.25) is 0 Å². The molecule has 1 aliphatic rings. The molecule has 7 heteroatoms. The zero-order chi connectivity index (χ0) is 15.7. The summed E-state index contributed by atoms with van der Waals surface area (Å²) in [6.45, 7) is 4.26. The number of aromatic nitrogens is 2. The highest BCUT2D eigenvalue weighted by Crippen LogP contribution is 2.32. The second-order valence-electron chi connectivity index (χ2n) is 5.33. The van der Waals surface area contributed by atoms with Crippen LogP contribution in [0.15, 0.2) is 33.9 Å². The Morgan fingerprint density at radius 3 is 2.73 bits per heavy atom. The largest absolute Gasteiger partial charge is 0.454 e. The molecule has 2 N–H and O–H groups in total. The first-order valence-corrected chi connectivity index (χ1v) is 7.03. The molecule has 1 aromatic carbocycles. The van der Waals surface area contributed by atoms with Crippen molar-refractivity contribution in [1.29, 1.82) is 0 Å². The van der Waals surface area contributed by atoms with Gasteiger partial charge in [-0.05, 0) is 31.5 Å². The van der Waals surface area contributed by atoms with E-state index >= 15 is 0 Å². The van der Waals surface area contributed by atoms with Gasteiger partial charge in [-0.3, -0.25) is 14.3 Å². The molecule has 1 aromatic heterocycles. The van der Waals surface area contributed by atoms with Crippen LogP contribution in [0.4, 0.5) is 5.82 Å². The molecule has 0 radical (unpaired) electrons. The fraction of sp³-hybridized carbons (Fsp3) is 0.333. The maximum Gasteiger partial charge on any atom is 0.330 e. The second-order valence-corrected chi connectivity index (χ2v) is 5.33. The zero-order valence-corrected chi connectivity index (χ0v) is 12.4. The van der Waals surface area contributed by atoms with Crippen LogP contribution in [0.3, 0.4) is 0 Å². The average molecular weight is 303 g/mol. The predicted octanol–water partition coefficient (Wildman–Crippen LogP) is 1.46. The highest BCUT2D eigenvalue weighted by molar-refractivity contribution is 5.45. The van der Waals surface area contributed by atoms with E-state index in [4.69, 9.17) is 9.47 Å². The van der Waals surface area contributed by atoms with E-state index in [9.17, 15) is 9.59 Å². The molecule has 1 aliphatic heterocycles. The van der Waals surface area contributed by atoms with Gasteiger partial charge in [-0.25, -0.2) is 4.79 Å². The summed E-state index contributed by atoms with van der Waals surface area (Å²) in [5.41, 5.74) is 0.209. The first kappa shape index (κ1) is 14.2. The van der Waals surface area contributed by atoms with Crippen LogP contribution in [0.25, 0.3) is 0 Å². The number of anilines is 1. The van der Waals surface area contributed by atoms with E-state index in [1.54, 1.807) is 13.8 Å². The highest BCUT2D eigenvalue weighted by atomic mass is 16.7. The minimum Gasteiger partial charge on any atom is -0.454 e. The molecule has 0 saturated heterocycles. The Morgan fingerprint density at radius 1 is 1.23 bits per heavy atom. The van der Waals surface area contributed by atoms with Crippen LogP contribution >= 0.6 is 0 Å². The van der Waals surface area contributed by atoms with Gasteiger partial charge < -0.3 is 14.8 Å². The maximum atomic E-state index is 11.9. The lowest BCUT2D eigenvalue weighted by Crippen LogP contribution is -2.36. The summed E-state index contributed by atoms with van der Waals surface area (Å²) in [6.07, 6.45) is 0. The number of fused-ring (bicyclic) bond motifs is 1. The van der Waals surface area contributed by atoms with Gasteiger partial charge in [0.05, 0.1) is 0 Å². The SMILES string of the molecule is CC(C)n1c(=O)cc(NCc2ccc3c(c2)OCO3)[nH]c1=O. The zero-order valence-electron chi connectivity index (χ0n) is 12.4. The molecule has 0 amide bonds. The van der Waals surface area contributed by atoms with Gasteiger partial charge in [0.2, 0.25) is 6.79 Å². The van der Waals surface area contributed by atoms with E-state index in [0.29, 0.717) is 18.1 Å². The van der Waals surface area contributed by atoms with Crippen LogP contribution in [-0.4, -0.2) is 16.3 Å². The molecule has 0 bridgehead atoms. The Morgan fingerprint density at radius 2 is 2.00 bits per heavy atom. The van der Waals surface area contributed by atoms with Crippen molar-refractivity contribution in [2.75, 3.05) is 12.1 Å². The Bertz CT molecular complexity index is 776. The molecule has 0 saturated carbocycles. The summed E-state index contributed by atoms with van der Waals surface area (Å²) in [6, 6.07) is 6.79. The van der Waals surface area contributed by atoms with Crippen molar-refractivity contribution in [2.24, 2.45) is 0 Å². The summed E-state index contributed by atoms with van der Waals surface area (Å²) < 4.78 is 11.7. The molecular weight excluding hydrogens is 286 g/mol. The number of nitrogens with zero attached hydrogens (tertiary/aromatic N) is 1. The van der Waals surface area contributed by atoms with Gasteiger partial charge in [-0.15, -0.1) is 0 Å². The molecule has 3 rings (SSSR count). The van der Waals surface area contributed by atoms with E-state index in [2.05, 4.69) is 10.3 Å². The lowest BCUT2D eigenvalue weighted by Gasteiger charge is -2.11. The van der Waals surface area contributed by atoms with Crippen LogP contribution < -0.4 is 26.0 Å². The quantitative estimate of drug-likeness (QED) is 0.893. The summed E-state index contributed by atoms with van der Waals surface area (Å²) in [7, 11) is 0. The van der Waals surface area contributed by atoms with Gasteiger partial charge in [0, 0.05) is 18.7 Å². The van der Waals surface area contributed by atoms with Crippen LogP contribution in [0.1, 0.15) is 25.5 Å². The molecular formula is C15H17N3O4. The molecule has 116 valence electrons. The van der Waals surface area contributed by atoms with Crippen molar-refractivity contribution in [3.05, 3.63) is 50.7 Å². The number of ether oxygens (including phenoxy) is 2. The van der Waals surface area contributed by atoms with Gasteiger partial charge in [0.25, 0.3) is 5.56 Å². The molecule has 2 heterocycles. The van der Waals surface area contributed by atoms with Gasteiger partial charge in [0.1, 0.15) is 5.82 Å². The minimum absolute atomic E-state index is 0.181. The summed E-state index contributed by atoms with van der Waals surface area (Å²) >= 11 is 0. The highest BCUT2D eigenvalue weighted by Gasteiger charge is 2.13. The number of nitrogens with one attached hydrogen (secondary N) is 2. The van der Waals surface area contributed by atoms with Crippen molar-refractivity contribution in [2.45, 2.75) is 26.4 Å². The van der Waals surface area contributed by atoms with Gasteiger partial charge in [0.15, 0.2) is 11.5 Å². The number of benzene rings is 1. The standard InChI is InChI=1S/C15H17N3O4/c1-9(2)18-14(19)6-13(17-15(18)20)16-7-10-3-4-11-12(5-10)22-8-21-11/h3-6,9,16H,7-8H2,1-2H3,(H,17,20). The maximum absolute atomic E-state index is 11.9. The van der Waals surface area contributed by atoms with Crippen LogP contribution in [-0.2, 0) is 6.54 Å². The molecule has 0 atom stereocenters. The lowest BCUT2D eigenvalue weighted by molar-refractivity contribution is 0.174. The van der Waals surface area contributed by atoms with Crippen LogP contribution in [0, 0.1) is 0 Å². The first-order chi connectivity index (χ1) is 10.5. The Labute approximate surface area is 126 Å². The third-order valence-electron chi connectivity index (χ3n) is 3.40. The smallest absolute Gasteiger partial charge is 0.330 e. The van der Waals surface area contributed by atoms with E-state index in [1.165, 1.54) is 10.6 Å². The van der Waals surface area contributed by atoms with Gasteiger partial charge in [-0.1, -0.05) is 6.07 Å². The van der Waals surface area contributed by atoms with Crippen molar-refractivity contribution in [1.82, 2.24) is 9.55 Å². The topological polar surface area (TPSA) is 85.3 Å². The number of rotatable bonds is 4. The molecule has 0 spiro atoms. The fourth-order valence-corrected chi connectivity index (χ4v) is 2.34. The number of H-pyrrole nitrogens is 1. The van der Waals surface area contributed by atoms with E-state index in [0.717, 1.165) is 11.3 Å². The van der Waals surface area contributed by atoms with Crippen molar-refractivity contribution in [3.8, 4) is 11.5 Å². The van der Waals surface area contributed by atoms with E-state index in [-0.39, 0.29) is 18.4 Å². The van der Waals surface area contributed by atoms with Crippen molar-refractivity contribution < 1.29 is 9.47 Å². The predicted molar refractivity (Wildman–Crippen MR) is 81.6 cm³/mol. The second kappa shape index (κ2) is 5.59. The monoisotopic (exact) mass is 303 g/mol. The fourth-order valence-electron chi connectivity index (χ4n) is 2.34. The van der Waals surface area contributed by atoms with E-state index in [1.807, 2.05) is 18.2 Å². The molecule has 0 aliphatic carbocycles. The molecule has 2 aromatic rings. The Kier molecular flexibility index (Phi) is 3.62. The summed E-state index contributed by atoms with van der Waals surface area (Å²) in [5.74, 6) is 1.81. The number of hydrogen-bond acceptors (Lipinski definition) is 5. The van der Waals surface area contributed by atoms with Gasteiger partial charge in [-0.2, -0.15) is 0 Å². The van der Waals surface area contributed by atoms with Crippen molar-refractivity contribution in [3.63, 3.8) is 0 Å². The lowest BCUT2D eigenvalue weighted by atomic mass is 10.2. The third-order valence-corrected chi connectivity index (χ3v) is 3.40. The number of hydrogen-bond donors (Lipinski definition) is 2. The van der Waals surface area contributed by atoms with Gasteiger partial charge >= 0.3 is 5.69 Å². The molecule has 22 heavy (non-hydrogen) atoms. The third kappa shape index (κ3) is 2.69. The van der Waals surface area contributed by atoms with Crippen LogP contribution in [0.5, 0.6) is 11.5 Å². The minimum atomic E-state index is -0.421. The summed E-state index contributed by atoms with van der Waals surface area (Å²) in [5, 5.41) is 3.03. The summed E-state index contributed by atoms with van der Waals surface area (Å²) in [4.78, 5) is 26.5. The Balaban J connectivity index is 1.77. The molecule has 0 fully saturated rings. The van der Waals surface area contributed by atoms with Crippen molar-refractivity contribution >= 4 is 5.82 Å².